The van der Waals surface area contributed by atoms with Crippen molar-refractivity contribution in [3.8, 4) is 0 Å². The van der Waals surface area contributed by atoms with Gasteiger partial charge in [0.05, 0.1) is 6.61 Å². The highest BCUT2D eigenvalue weighted by molar-refractivity contribution is 5.51. The van der Waals surface area contributed by atoms with Crippen molar-refractivity contribution in [1.29, 1.82) is 0 Å². The second kappa shape index (κ2) is 4.52. The van der Waals surface area contributed by atoms with E-state index in [1.54, 1.807) is 6.07 Å². The van der Waals surface area contributed by atoms with Crippen molar-refractivity contribution in [1.82, 2.24) is 9.97 Å². The molecular formula is C10H17N5O. The van der Waals surface area contributed by atoms with Gasteiger partial charge in [-0.3, -0.25) is 0 Å². The fraction of sp³-hybridized carbons (Fsp3) is 0.600. The Hall–Kier alpha value is -1.56. The zero-order valence-corrected chi connectivity index (χ0v) is 9.13. The number of hydrogen-bond acceptors (Lipinski definition) is 6. The van der Waals surface area contributed by atoms with Gasteiger partial charge in [0.1, 0.15) is 11.6 Å². The lowest BCUT2D eigenvalue weighted by molar-refractivity contribution is 0.283. The van der Waals surface area contributed by atoms with E-state index < -0.39 is 0 Å². The topological polar surface area (TPSA) is 101 Å². The smallest absolute Gasteiger partial charge is 0.223 e. The monoisotopic (exact) mass is 223 g/mol. The van der Waals surface area contributed by atoms with E-state index in [9.17, 15) is 0 Å². The molecule has 1 heterocycles. The summed E-state index contributed by atoms with van der Waals surface area (Å²) >= 11 is 0. The zero-order chi connectivity index (χ0) is 11.5. The molecule has 0 aliphatic heterocycles. The molecule has 0 saturated heterocycles. The Labute approximate surface area is 94.3 Å². The Balaban J connectivity index is 2.22. The molecule has 0 bridgehead atoms. The molecule has 16 heavy (non-hydrogen) atoms. The van der Waals surface area contributed by atoms with E-state index in [2.05, 4.69) is 14.9 Å². The Kier molecular flexibility index (Phi) is 3.09. The zero-order valence-electron chi connectivity index (χ0n) is 9.13. The van der Waals surface area contributed by atoms with E-state index in [-0.39, 0.29) is 12.6 Å². The van der Waals surface area contributed by atoms with Gasteiger partial charge in [-0.15, -0.1) is 0 Å². The number of nitrogens with two attached hydrogens (primary N) is 2. The van der Waals surface area contributed by atoms with Crippen LogP contribution >= 0.6 is 0 Å². The lowest BCUT2D eigenvalue weighted by Gasteiger charge is -2.38. The van der Waals surface area contributed by atoms with Gasteiger partial charge >= 0.3 is 0 Å². The molecule has 5 N–H and O–H groups in total. The van der Waals surface area contributed by atoms with Crippen LogP contribution in [0.15, 0.2) is 6.07 Å². The van der Waals surface area contributed by atoms with E-state index in [0.29, 0.717) is 24.2 Å². The van der Waals surface area contributed by atoms with Crippen LogP contribution in [0.2, 0.25) is 0 Å². The van der Waals surface area contributed by atoms with Crippen LogP contribution in [0.3, 0.4) is 0 Å². The summed E-state index contributed by atoms with van der Waals surface area (Å²) in [5.41, 5.74) is 11.2. The molecule has 0 amide bonds. The van der Waals surface area contributed by atoms with Crippen molar-refractivity contribution in [3.05, 3.63) is 6.07 Å². The van der Waals surface area contributed by atoms with Crippen LogP contribution < -0.4 is 16.4 Å². The summed E-state index contributed by atoms with van der Waals surface area (Å²) in [5.74, 6) is 1.26. The molecule has 1 saturated carbocycles. The van der Waals surface area contributed by atoms with E-state index >= 15 is 0 Å². The Morgan fingerprint density at radius 2 is 2.12 bits per heavy atom. The second-order valence-electron chi connectivity index (χ2n) is 4.01. The van der Waals surface area contributed by atoms with Gasteiger partial charge in [0.15, 0.2) is 0 Å². The molecule has 1 aromatic heterocycles. The average Bonchev–Trinajstić information content (AvgIpc) is 2.12. The molecule has 1 aromatic rings. The SMILES string of the molecule is Nc1cc(N(CCO)C2CCC2)nc(N)n1. The van der Waals surface area contributed by atoms with Crippen molar-refractivity contribution in [3.63, 3.8) is 0 Å². The van der Waals surface area contributed by atoms with E-state index in [1.165, 1.54) is 6.42 Å². The Bertz CT molecular complexity index is 346. The van der Waals surface area contributed by atoms with Crippen molar-refractivity contribution in [2.45, 2.75) is 25.3 Å². The third kappa shape index (κ3) is 2.16. The quantitative estimate of drug-likeness (QED) is 0.663. The molecule has 0 atom stereocenters. The Morgan fingerprint density at radius 1 is 1.38 bits per heavy atom. The standard InChI is InChI=1S/C10H17N5O/c11-8-6-9(14-10(12)13-8)15(4-5-16)7-2-1-3-7/h6-7,16H,1-5H2,(H4,11,12,13,14). The van der Waals surface area contributed by atoms with Crippen LogP contribution in [-0.4, -0.2) is 34.3 Å². The van der Waals surface area contributed by atoms with Crippen LogP contribution in [0.25, 0.3) is 0 Å². The first kappa shape index (κ1) is 10.9. The molecule has 0 unspecified atom stereocenters. The molecule has 0 radical (unpaired) electrons. The summed E-state index contributed by atoms with van der Waals surface area (Å²) in [7, 11) is 0. The normalized spacial score (nSPS) is 15.8. The van der Waals surface area contributed by atoms with Gasteiger partial charge in [-0.05, 0) is 19.3 Å². The minimum Gasteiger partial charge on any atom is -0.395 e. The molecule has 1 aliphatic carbocycles. The molecule has 0 aromatic carbocycles. The van der Waals surface area contributed by atoms with E-state index in [1.807, 2.05) is 0 Å². The average molecular weight is 223 g/mol. The number of anilines is 3. The first-order chi connectivity index (χ1) is 7.70. The van der Waals surface area contributed by atoms with Crippen LogP contribution in [0, 0.1) is 0 Å². The van der Waals surface area contributed by atoms with Crippen molar-refractivity contribution in [2.75, 3.05) is 29.5 Å². The summed E-state index contributed by atoms with van der Waals surface area (Å²) < 4.78 is 0. The van der Waals surface area contributed by atoms with Gasteiger partial charge in [0.2, 0.25) is 5.95 Å². The maximum Gasteiger partial charge on any atom is 0.223 e. The first-order valence-electron chi connectivity index (χ1n) is 5.48. The number of aliphatic hydroxyl groups is 1. The minimum absolute atomic E-state index is 0.0975. The number of hydrogen-bond donors (Lipinski definition) is 3. The van der Waals surface area contributed by atoms with E-state index in [0.717, 1.165) is 12.8 Å². The van der Waals surface area contributed by atoms with Crippen LogP contribution in [0.4, 0.5) is 17.6 Å². The predicted octanol–water partition coefficient (Wildman–Crippen LogP) is -0.00780. The fourth-order valence-corrected chi connectivity index (χ4v) is 1.91. The third-order valence-electron chi connectivity index (χ3n) is 2.90. The minimum atomic E-state index is 0.0975. The first-order valence-corrected chi connectivity index (χ1v) is 5.48. The summed E-state index contributed by atoms with van der Waals surface area (Å²) in [6.07, 6.45) is 3.48. The lowest BCUT2D eigenvalue weighted by Crippen LogP contribution is -2.42. The number of rotatable bonds is 4. The highest BCUT2D eigenvalue weighted by atomic mass is 16.3. The molecule has 88 valence electrons. The highest BCUT2D eigenvalue weighted by Gasteiger charge is 2.26. The second-order valence-corrected chi connectivity index (χ2v) is 4.01. The largest absolute Gasteiger partial charge is 0.395 e. The van der Waals surface area contributed by atoms with Crippen molar-refractivity contribution < 1.29 is 5.11 Å². The van der Waals surface area contributed by atoms with Crippen molar-refractivity contribution >= 4 is 17.6 Å². The van der Waals surface area contributed by atoms with Gasteiger partial charge in [-0.25, -0.2) is 0 Å². The number of aliphatic hydroxyl groups excluding tert-OH is 1. The molecular weight excluding hydrogens is 206 g/mol. The summed E-state index contributed by atoms with van der Waals surface area (Å²) in [6, 6.07) is 2.14. The highest BCUT2D eigenvalue weighted by Crippen LogP contribution is 2.28. The summed E-state index contributed by atoms with van der Waals surface area (Å²) in [5, 5.41) is 9.06. The van der Waals surface area contributed by atoms with Crippen LogP contribution in [-0.2, 0) is 0 Å². The van der Waals surface area contributed by atoms with Gasteiger partial charge in [0.25, 0.3) is 0 Å². The molecule has 0 spiro atoms. The predicted molar refractivity (Wildman–Crippen MR) is 62.9 cm³/mol. The van der Waals surface area contributed by atoms with Gasteiger partial charge in [-0.1, -0.05) is 0 Å². The van der Waals surface area contributed by atoms with Crippen molar-refractivity contribution in [2.24, 2.45) is 0 Å². The third-order valence-corrected chi connectivity index (χ3v) is 2.90. The number of nitrogens with zero attached hydrogens (tertiary/aromatic N) is 3. The van der Waals surface area contributed by atoms with Gasteiger partial charge < -0.3 is 21.5 Å². The maximum absolute atomic E-state index is 9.06. The molecule has 6 nitrogen and oxygen atoms in total. The Morgan fingerprint density at radius 3 is 2.62 bits per heavy atom. The van der Waals surface area contributed by atoms with Crippen LogP contribution in [0.5, 0.6) is 0 Å². The molecule has 1 fully saturated rings. The summed E-state index contributed by atoms with van der Waals surface area (Å²) in [4.78, 5) is 10.0. The maximum atomic E-state index is 9.06. The molecule has 2 rings (SSSR count). The fourth-order valence-electron chi connectivity index (χ4n) is 1.91. The molecule has 6 heteroatoms. The van der Waals surface area contributed by atoms with Gasteiger partial charge in [-0.2, -0.15) is 9.97 Å². The van der Waals surface area contributed by atoms with Crippen LogP contribution in [0.1, 0.15) is 19.3 Å². The van der Waals surface area contributed by atoms with E-state index in [4.69, 9.17) is 16.6 Å². The molecule has 1 aliphatic rings. The lowest BCUT2D eigenvalue weighted by atomic mass is 9.91. The number of aromatic nitrogens is 2. The summed E-state index contributed by atoms with van der Waals surface area (Å²) in [6.45, 7) is 0.654. The van der Waals surface area contributed by atoms with Gasteiger partial charge in [0, 0.05) is 18.7 Å². The number of nitrogen functional groups attached to an aromatic ring is 2.